The summed E-state index contributed by atoms with van der Waals surface area (Å²) in [5.74, 6) is 6.77. The Morgan fingerprint density at radius 3 is 2.29 bits per heavy atom. The summed E-state index contributed by atoms with van der Waals surface area (Å²) in [4.78, 5) is 9.63. The SMILES string of the molecule is CC#CC(C)=C=O. The van der Waals surface area contributed by atoms with Crippen molar-refractivity contribution in [2.45, 2.75) is 13.8 Å². The van der Waals surface area contributed by atoms with Gasteiger partial charge in [0.05, 0.1) is 5.57 Å². The molecule has 0 aromatic carbocycles. The van der Waals surface area contributed by atoms with Crippen LogP contribution < -0.4 is 0 Å². The summed E-state index contributed by atoms with van der Waals surface area (Å²) in [6, 6.07) is 0. The molecule has 0 heterocycles. The van der Waals surface area contributed by atoms with E-state index in [1.54, 1.807) is 19.8 Å². The van der Waals surface area contributed by atoms with Crippen molar-refractivity contribution in [3.63, 3.8) is 0 Å². The molecule has 0 saturated carbocycles. The van der Waals surface area contributed by atoms with Crippen molar-refractivity contribution in [2.75, 3.05) is 0 Å². The van der Waals surface area contributed by atoms with E-state index in [4.69, 9.17) is 0 Å². The van der Waals surface area contributed by atoms with Gasteiger partial charge in [0, 0.05) is 0 Å². The summed E-state index contributed by atoms with van der Waals surface area (Å²) in [5, 5.41) is 0. The Balaban J connectivity index is 4.02. The van der Waals surface area contributed by atoms with Gasteiger partial charge in [-0.15, -0.1) is 5.92 Å². The molecule has 0 unspecified atom stereocenters. The van der Waals surface area contributed by atoms with Gasteiger partial charge >= 0.3 is 0 Å². The van der Waals surface area contributed by atoms with Crippen LogP contribution in [0.4, 0.5) is 0 Å². The molecule has 0 aliphatic rings. The Labute approximate surface area is 43.0 Å². The van der Waals surface area contributed by atoms with E-state index in [1.165, 1.54) is 0 Å². The van der Waals surface area contributed by atoms with E-state index in [2.05, 4.69) is 11.8 Å². The van der Waals surface area contributed by atoms with Crippen LogP contribution in [0.15, 0.2) is 5.57 Å². The van der Waals surface area contributed by atoms with Gasteiger partial charge in [0.25, 0.3) is 0 Å². The Bertz CT molecular complexity index is 151. The van der Waals surface area contributed by atoms with Crippen LogP contribution in [0.5, 0.6) is 0 Å². The molecule has 0 spiro atoms. The first-order valence-electron chi connectivity index (χ1n) is 1.95. The molecule has 0 aliphatic heterocycles. The molecule has 0 aliphatic carbocycles. The number of allylic oxidation sites excluding steroid dienone is 1. The molecule has 36 valence electrons. The van der Waals surface area contributed by atoms with E-state index < -0.39 is 0 Å². The second-order valence-corrected chi connectivity index (χ2v) is 1.10. The monoisotopic (exact) mass is 94.0 g/mol. The molecule has 0 amide bonds. The standard InChI is InChI=1S/C6H6O/c1-3-4-6(2)5-7/h1-2H3. The van der Waals surface area contributed by atoms with Crippen LogP contribution >= 0.6 is 0 Å². The van der Waals surface area contributed by atoms with Crippen LogP contribution in [0.1, 0.15) is 13.8 Å². The molecule has 0 aromatic rings. The van der Waals surface area contributed by atoms with Crippen molar-refractivity contribution < 1.29 is 4.79 Å². The molecule has 0 fully saturated rings. The highest BCUT2D eigenvalue weighted by Gasteiger charge is 1.71. The lowest BCUT2D eigenvalue weighted by Crippen LogP contribution is -1.64. The Morgan fingerprint density at radius 2 is 2.14 bits per heavy atom. The molecule has 0 rings (SSSR count). The fourth-order valence-corrected chi connectivity index (χ4v) is 0.213. The third kappa shape index (κ3) is 2.82. The summed E-state index contributed by atoms with van der Waals surface area (Å²) in [5.41, 5.74) is 0.461. The maximum Gasteiger partial charge on any atom is 0.136 e. The van der Waals surface area contributed by atoms with Gasteiger partial charge in [-0.25, -0.2) is 4.79 Å². The van der Waals surface area contributed by atoms with E-state index >= 15 is 0 Å². The minimum Gasteiger partial charge on any atom is -0.233 e. The van der Waals surface area contributed by atoms with Crippen LogP contribution in [0.3, 0.4) is 0 Å². The van der Waals surface area contributed by atoms with E-state index in [1.807, 2.05) is 0 Å². The van der Waals surface area contributed by atoms with Gasteiger partial charge in [0.1, 0.15) is 5.94 Å². The second kappa shape index (κ2) is 3.21. The molecule has 0 bridgehead atoms. The highest BCUT2D eigenvalue weighted by atomic mass is 16.1. The minimum absolute atomic E-state index is 0.461. The molecule has 1 heteroatoms. The third-order valence-electron chi connectivity index (χ3n) is 0.466. The first-order chi connectivity index (χ1) is 3.31. The molecule has 0 aromatic heterocycles. The Kier molecular flexibility index (Phi) is 2.76. The lowest BCUT2D eigenvalue weighted by Gasteiger charge is -1.66. The van der Waals surface area contributed by atoms with Crippen molar-refractivity contribution in [3.8, 4) is 11.8 Å². The van der Waals surface area contributed by atoms with Crippen LogP contribution in [0.2, 0.25) is 0 Å². The van der Waals surface area contributed by atoms with Crippen molar-refractivity contribution in [1.82, 2.24) is 0 Å². The van der Waals surface area contributed by atoms with Crippen molar-refractivity contribution in [3.05, 3.63) is 5.57 Å². The van der Waals surface area contributed by atoms with Crippen molar-refractivity contribution in [1.29, 1.82) is 0 Å². The number of hydrogen-bond donors (Lipinski definition) is 0. The highest BCUT2D eigenvalue weighted by molar-refractivity contribution is 5.58. The first kappa shape index (κ1) is 6.01. The fraction of sp³-hybridized carbons (Fsp3) is 0.333. The maximum atomic E-state index is 9.63. The van der Waals surface area contributed by atoms with Gasteiger partial charge in [-0.1, -0.05) is 5.92 Å². The lowest BCUT2D eigenvalue weighted by molar-refractivity contribution is 0.568. The second-order valence-electron chi connectivity index (χ2n) is 1.10. The Morgan fingerprint density at radius 1 is 1.57 bits per heavy atom. The minimum atomic E-state index is 0.461. The predicted molar refractivity (Wildman–Crippen MR) is 28.3 cm³/mol. The number of hydrogen-bond acceptors (Lipinski definition) is 1. The molecule has 0 radical (unpaired) electrons. The number of rotatable bonds is 0. The molecule has 0 atom stereocenters. The first-order valence-corrected chi connectivity index (χ1v) is 1.95. The third-order valence-corrected chi connectivity index (χ3v) is 0.466. The zero-order chi connectivity index (χ0) is 5.70. The summed E-state index contributed by atoms with van der Waals surface area (Å²) in [6.45, 7) is 3.31. The molecule has 0 N–H and O–H groups in total. The van der Waals surface area contributed by atoms with Crippen LogP contribution in [-0.4, -0.2) is 5.94 Å². The number of carbonyl (C=O) groups excluding carboxylic acids is 1. The van der Waals surface area contributed by atoms with Crippen LogP contribution in [0.25, 0.3) is 0 Å². The smallest absolute Gasteiger partial charge is 0.136 e. The van der Waals surface area contributed by atoms with Crippen molar-refractivity contribution in [2.24, 2.45) is 0 Å². The maximum absolute atomic E-state index is 9.63. The largest absolute Gasteiger partial charge is 0.233 e. The van der Waals surface area contributed by atoms with Gasteiger partial charge in [-0.2, -0.15) is 0 Å². The van der Waals surface area contributed by atoms with E-state index in [0.717, 1.165) is 0 Å². The van der Waals surface area contributed by atoms with Crippen LogP contribution in [0, 0.1) is 11.8 Å². The summed E-state index contributed by atoms with van der Waals surface area (Å²) in [6.07, 6.45) is 0. The van der Waals surface area contributed by atoms with Gasteiger partial charge in [-0.3, -0.25) is 0 Å². The van der Waals surface area contributed by atoms with E-state index in [9.17, 15) is 4.79 Å². The summed E-state index contributed by atoms with van der Waals surface area (Å²) >= 11 is 0. The quantitative estimate of drug-likeness (QED) is 0.320. The molecular weight excluding hydrogens is 88.1 g/mol. The summed E-state index contributed by atoms with van der Waals surface area (Å²) < 4.78 is 0. The molecular formula is C6H6O. The van der Waals surface area contributed by atoms with Crippen molar-refractivity contribution >= 4 is 5.94 Å². The average Bonchev–Trinajstić information content (AvgIpc) is 1.68. The average molecular weight is 94.1 g/mol. The van der Waals surface area contributed by atoms with E-state index in [-0.39, 0.29) is 0 Å². The van der Waals surface area contributed by atoms with E-state index in [0.29, 0.717) is 5.57 Å². The lowest BCUT2D eigenvalue weighted by atomic mass is 10.4. The normalized spacial score (nSPS) is 5.43. The zero-order valence-corrected chi connectivity index (χ0v) is 4.41. The van der Waals surface area contributed by atoms with Gasteiger partial charge < -0.3 is 0 Å². The summed E-state index contributed by atoms with van der Waals surface area (Å²) in [7, 11) is 0. The van der Waals surface area contributed by atoms with Crippen LogP contribution in [-0.2, 0) is 4.79 Å². The van der Waals surface area contributed by atoms with Gasteiger partial charge in [0.15, 0.2) is 0 Å². The molecule has 1 nitrogen and oxygen atoms in total. The topological polar surface area (TPSA) is 17.1 Å². The highest BCUT2D eigenvalue weighted by Crippen LogP contribution is 1.75. The Hall–Kier alpha value is -0.990. The molecule has 7 heavy (non-hydrogen) atoms. The predicted octanol–water partition coefficient (Wildman–Crippen LogP) is 0.788. The van der Waals surface area contributed by atoms with Gasteiger partial charge in [-0.05, 0) is 13.8 Å². The zero-order valence-electron chi connectivity index (χ0n) is 4.41. The molecule has 0 saturated heterocycles. The van der Waals surface area contributed by atoms with Gasteiger partial charge in [0.2, 0.25) is 0 Å². The fourth-order valence-electron chi connectivity index (χ4n) is 0.213.